The van der Waals surface area contributed by atoms with Crippen molar-refractivity contribution in [2.75, 3.05) is 0 Å². The lowest BCUT2D eigenvalue weighted by atomic mass is 10.2. The maximum Gasteiger partial charge on any atom is 0.347 e. The van der Waals surface area contributed by atoms with Gasteiger partial charge >= 0.3 is 5.69 Å². The minimum Gasteiger partial charge on any atom is -0.294 e. The van der Waals surface area contributed by atoms with E-state index in [-0.39, 0.29) is 5.69 Å². The molecule has 0 radical (unpaired) electrons. The molecule has 0 atom stereocenters. The highest BCUT2D eigenvalue weighted by Crippen LogP contribution is 2.11. The van der Waals surface area contributed by atoms with Crippen LogP contribution in [0, 0.1) is 6.92 Å². The van der Waals surface area contributed by atoms with Crippen molar-refractivity contribution in [2.45, 2.75) is 13.5 Å². The number of rotatable bonds is 2. The maximum atomic E-state index is 11.5. The number of hydrogen-bond acceptors (Lipinski definition) is 2. The van der Waals surface area contributed by atoms with Crippen LogP contribution in [-0.4, -0.2) is 9.55 Å². The van der Waals surface area contributed by atoms with Crippen LogP contribution in [0.15, 0.2) is 45.9 Å². The van der Waals surface area contributed by atoms with E-state index in [4.69, 9.17) is 0 Å². The lowest BCUT2D eigenvalue weighted by Crippen LogP contribution is -2.22. The Kier molecular flexibility index (Phi) is 3.19. The summed E-state index contributed by atoms with van der Waals surface area (Å²) in [4.78, 5) is 15.3. The molecule has 2 aromatic rings. The zero-order valence-electron chi connectivity index (χ0n) is 8.85. The molecule has 4 heteroatoms. The van der Waals surface area contributed by atoms with Gasteiger partial charge in [0.05, 0.1) is 6.54 Å². The molecular weight excluding hydrogens is 268 g/mol. The van der Waals surface area contributed by atoms with Crippen LogP contribution in [-0.2, 0) is 6.54 Å². The molecular formula is C12H11BrN2O. The Morgan fingerprint density at radius 3 is 2.69 bits per heavy atom. The highest BCUT2D eigenvalue weighted by molar-refractivity contribution is 9.10. The Morgan fingerprint density at radius 2 is 2.00 bits per heavy atom. The van der Waals surface area contributed by atoms with Gasteiger partial charge in [-0.2, -0.15) is 0 Å². The summed E-state index contributed by atoms with van der Waals surface area (Å²) in [5.41, 5.74) is 1.85. The zero-order valence-corrected chi connectivity index (χ0v) is 10.4. The monoisotopic (exact) mass is 278 g/mol. The fourth-order valence-electron chi connectivity index (χ4n) is 1.47. The van der Waals surface area contributed by atoms with Crippen molar-refractivity contribution >= 4 is 15.9 Å². The molecule has 0 saturated heterocycles. The van der Waals surface area contributed by atoms with E-state index in [0.717, 1.165) is 15.6 Å². The van der Waals surface area contributed by atoms with Crippen molar-refractivity contribution in [1.29, 1.82) is 0 Å². The van der Waals surface area contributed by atoms with Crippen LogP contribution in [0.2, 0.25) is 0 Å². The summed E-state index contributed by atoms with van der Waals surface area (Å²) >= 11 is 3.38. The number of nitrogens with zero attached hydrogens (tertiary/aromatic N) is 2. The molecule has 0 unspecified atom stereocenters. The molecule has 0 fully saturated rings. The summed E-state index contributed by atoms with van der Waals surface area (Å²) in [6.07, 6.45) is 3.40. The SMILES string of the molecule is Cc1cnc(=O)n(Cc2ccc(Br)cc2)c1. The van der Waals surface area contributed by atoms with Crippen LogP contribution in [0.3, 0.4) is 0 Å². The molecule has 82 valence electrons. The molecule has 0 aliphatic heterocycles. The third-order valence-corrected chi connectivity index (χ3v) is 2.78. The molecule has 16 heavy (non-hydrogen) atoms. The van der Waals surface area contributed by atoms with Gasteiger partial charge in [0.2, 0.25) is 0 Å². The van der Waals surface area contributed by atoms with Gasteiger partial charge in [0.1, 0.15) is 0 Å². The zero-order chi connectivity index (χ0) is 11.5. The average molecular weight is 279 g/mol. The van der Waals surface area contributed by atoms with Gasteiger partial charge in [-0.25, -0.2) is 9.78 Å². The molecule has 1 aromatic heterocycles. The Morgan fingerprint density at radius 1 is 1.31 bits per heavy atom. The van der Waals surface area contributed by atoms with Gasteiger partial charge in [0.25, 0.3) is 0 Å². The van der Waals surface area contributed by atoms with Crippen LogP contribution in [0.1, 0.15) is 11.1 Å². The highest BCUT2D eigenvalue weighted by Gasteiger charge is 1.99. The van der Waals surface area contributed by atoms with E-state index >= 15 is 0 Å². The molecule has 0 aliphatic carbocycles. The van der Waals surface area contributed by atoms with Gasteiger partial charge in [-0.05, 0) is 30.2 Å². The van der Waals surface area contributed by atoms with E-state index in [2.05, 4.69) is 20.9 Å². The topological polar surface area (TPSA) is 34.9 Å². The summed E-state index contributed by atoms with van der Waals surface area (Å²) in [6.45, 7) is 2.48. The normalized spacial score (nSPS) is 10.4. The summed E-state index contributed by atoms with van der Waals surface area (Å²) < 4.78 is 2.64. The van der Waals surface area contributed by atoms with Crippen LogP contribution >= 0.6 is 15.9 Å². The molecule has 0 amide bonds. The average Bonchev–Trinajstić information content (AvgIpc) is 2.27. The Labute approximate surface area is 102 Å². The molecule has 3 nitrogen and oxygen atoms in total. The summed E-state index contributed by atoms with van der Waals surface area (Å²) in [7, 11) is 0. The van der Waals surface area contributed by atoms with Crippen molar-refractivity contribution in [3.05, 3.63) is 62.7 Å². The van der Waals surface area contributed by atoms with Crippen LogP contribution < -0.4 is 5.69 Å². The van der Waals surface area contributed by atoms with Crippen molar-refractivity contribution in [2.24, 2.45) is 0 Å². The second kappa shape index (κ2) is 4.61. The molecule has 1 aromatic carbocycles. The standard InChI is InChI=1S/C12H11BrN2O/c1-9-6-14-12(16)15(7-9)8-10-2-4-11(13)5-3-10/h2-7H,8H2,1H3. The molecule has 0 aliphatic rings. The molecule has 0 spiro atoms. The van der Waals surface area contributed by atoms with Crippen molar-refractivity contribution < 1.29 is 0 Å². The summed E-state index contributed by atoms with van der Waals surface area (Å²) in [5, 5.41) is 0. The van der Waals surface area contributed by atoms with Gasteiger partial charge in [0.15, 0.2) is 0 Å². The van der Waals surface area contributed by atoms with Crippen LogP contribution in [0.25, 0.3) is 0 Å². The van der Waals surface area contributed by atoms with E-state index in [9.17, 15) is 4.79 Å². The highest BCUT2D eigenvalue weighted by atomic mass is 79.9. The lowest BCUT2D eigenvalue weighted by Gasteiger charge is -2.05. The second-order valence-electron chi connectivity index (χ2n) is 3.67. The summed E-state index contributed by atoms with van der Waals surface area (Å²) in [6, 6.07) is 7.89. The number of aromatic nitrogens is 2. The Bertz CT molecular complexity index is 546. The predicted octanol–water partition coefficient (Wildman–Crippen LogP) is 2.36. The van der Waals surface area contributed by atoms with Gasteiger partial charge in [-0.15, -0.1) is 0 Å². The molecule has 1 heterocycles. The number of hydrogen-bond donors (Lipinski definition) is 0. The van der Waals surface area contributed by atoms with Gasteiger partial charge in [-0.1, -0.05) is 28.1 Å². The first-order valence-electron chi connectivity index (χ1n) is 4.93. The van der Waals surface area contributed by atoms with Crippen molar-refractivity contribution in [3.8, 4) is 0 Å². The Balaban J connectivity index is 2.30. The number of benzene rings is 1. The Hall–Kier alpha value is -1.42. The van der Waals surface area contributed by atoms with Crippen molar-refractivity contribution in [3.63, 3.8) is 0 Å². The van der Waals surface area contributed by atoms with Gasteiger partial charge < -0.3 is 0 Å². The summed E-state index contributed by atoms with van der Waals surface area (Å²) in [5.74, 6) is 0. The third kappa shape index (κ3) is 2.58. The number of aryl methyl sites for hydroxylation is 1. The van der Waals surface area contributed by atoms with Gasteiger partial charge in [-0.3, -0.25) is 4.57 Å². The predicted molar refractivity (Wildman–Crippen MR) is 66.5 cm³/mol. The van der Waals surface area contributed by atoms with E-state index in [0.29, 0.717) is 6.54 Å². The van der Waals surface area contributed by atoms with Crippen LogP contribution in [0.4, 0.5) is 0 Å². The third-order valence-electron chi connectivity index (χ3n) is 2.25. The minimum atomic E-state index is -0.214. The smallest absolute Gasteiger partial charge is 0.294 e. The van der Waals surface area contributed by atoms with E-state index in [1.54, 1.807) is 10.8 Å². The fourth-order valence-corrected chi connectivity index (χ4v) is 1.73. The van der Waals surface area contributed by atoms with E-state index < -0.39 is 0 Å². The largest absolute Gasteiger partial charge is 0.347 e. The quantitative estimate of drug-likeness (QED) is 0.845. The minimum absolute atomic E-state index is 0.214. The molecule has 2 rings (SSSR count). The second-order valence-corrected chi connectivity index (χ2v) is 4.58. The van der Waals surface area contributed by atoms with Gasteiger partial charge in [0, 0.05) is 16.9 Å². The number of halogens is 1. The molecule has 0 saturated carbocycles. The first-order chi connectivity index (χ1) is 7.65. The van der Waals surface area contributed by atoms with E-state index in [1.807, 2.05) is 37.4 Å². The van der Waals surface area contributed by atoms with E-state index in [1.165, 1.54) is 0 Å². The van der Waals surface area contributed by atoms with Crippen molar-refractivity contribution in [1.82, 2.24) is 9.55 Å². The fraction of sp³-hybridized carbons (Fsp3) is 0.167. The molecule has 0 bridgehead atoms. The van der Waals surface area contributed by atoms with Crippen LogP contribution in [0.5, 0.6) is 0 Å². The lowest BCUT2D eigenvalue weighted by molar-refractivity contribution is 0.721. The first kappa shape index (κ1) is 11.1. The maximum absolute atomic E-state index is 11.5. The molecule has 0 N–H and O–H groups in total. The first-order valence-corrected chi connectivity index (χ1v) is 5.72.